The lowest BCUT2D eigenvalue weighted by atomic mass is 10.1. The summed E-state index contributed by atoms with van der Waals surface area (Å²) < 4.78 is 21.1. The molecular weight excluding hydrogens is 218 g/mol. The molecule has 0 aromatic rings. The lowest BCUT2D eigenvalue weighted by molar-refractivity contribution is -0.120. The van der Waals surface area contributed by atoms with Crippen LogP contribution in [0.2, 0.25) is 0 Å². The molecule has 0 heterocycles. The monoisotopic (exact) mass is 237 g/mol. The Balaban J connectivity index is 3.69. The van der Waals surface area contributed by atoms with Crippen LogP contribution in [-0.2, 0) is 14.8 Å². The summed E-state index contributed by atoms with van der Waals surface area (Å²) in [4.78, 5) is 11.2. The quantitative estimate of drug-likeness (QED) is 0.558. The zero-order chi connectivity index (χ0) is 12.1. The van der Waals surface area contributed by atoms with Gasteiger partial charge in [0, 0.05) is 12.1 Å². The van der Waals surface area contributed by atoms with Gasteiger partial charge in [0.25, 0.3) is 0 Å². The molecule has 90 valence electrons. The normalized spacial score (nSPS) is 12.5. The number of hydrogen-bond acceptors (Lipinski definition) is 4. The third-order valence-corrected chi connectivity index (χ3v) is 2.26. The first-order valence-electron chi connectivity index (χ1n) is 4.62. The molecule has 0 saturated heterocycles. The molecule has 0 bridgehead atoms. The fourth-order valence-corrected chi connectivity index (χ4v) is 1.13. The van der Waals surface area contributed by atoms with E-state index in [-0.39, 0.29) is 30.3 Å². The van der Waals surface area contributed by atoms with Crippen LogP contribution in [-0.4, -0.2) is 38.7 Å². The number of carbonyl (C=O) groups excluding carboxylic acids is 1. The number of hydrogen-bond donors (Lipinski definition) is 3. The molecule has 0 rings (SSSR count). The van der Waals surface area contributed by atoms with E-state index in [1.165, 1.54) is 0 Å². The van der Waals surface area contributed by atoms with Crippen molar-refractivity contribution in [2.75, 3.05) is 18.8 Å². The number of rotatable bonds is 5. The van der Waals surface area contributed by atoms with Gasteiger partial charge in [0.05, 0.1) is 12.3 Å². The third kappa shape index (κ3) is 11.3. The lowest BCUT2D eigenvalue weighted by Gasteiger charge is -2.19. The Morgan fingerprint density at radius 1 is 1.33 bits per heavy atom. The van der Waals surface area contributed by atoms with Gasteiger partial charge in [-0.05, 0) is 20.8 Å². The van der Waals surface area contributed by atoms with Gasteiger partial charge in [0.2, 0.25) is 15.9 Å². The summed E-state index contributed by atoms with van der Waals surface area (Å²) in [6.45, 7) is 6.01. The van der Waals surface area contributed by atoms with E-state index >= 15 is 0 Å². The van der Waals surface area contributed by atoms with E-state index in [4.69, 9.17) is 5.14 Å². The average Bonchev–Trinajstić information content (AvgIpc) is 1.97. The molecule has 1 amide bonds. The molecule has 0 radical (unpaired) electrons. The number of nitrogens with two attached hydrogens (primary N) is 1. The van der Waals surface area contributed by atoms with Crippen LogP contribution in [0.1, 0.15) is 20.8 Å². The molecule has 0 aliphatic carbocycles. The van der Waals surface area contributed by atoms with Crippen LogP contribution in [0.3, 0.4) is 0 Å². The van der Waals surface area contributed by atoms with Crippen molar-refractivity contribution in [1.82, 2.24) is 10.6 Å². The molecule has 0 spiro atoms. The van der Waals surface area contributed by atoms with Crippen molar-refractivity contribution in [3.05, 3.63) is 0 Å². The topological polar surface area (TPSA) is 101 Å². The van der Waals surface area contributed by atoms with Crippen molar-refractivity contribution in [3.8, 4) is 0 Å². The second-order valence-electron chi connectivity index (χ2n) is 4.32. The van der Waals surface area contributed by atoms with Crippen molar-refractivity contribution >= 4 is 15.9 Å². The Labute approximate surface area is 90.7 Å². The highest BCUT2D eigenvalue weighted by Gasteiger charge is 2.11. The fraction of sp³-hybridized carbons (Fsp3) is 0.875. The van der Waals surface area contributed by atoms with Gasteiger partial charge in [-0.3, -0.25) is 4.79 Å². The number of carbonyl (C=O) groups is 1. The number of nitrogens with one attached hydrogen (secondary N) is 2. The Morgan fingerprint density at radius 3 is 2.27 bits per heavy atom. The highest BCUT2D eigenvalue weighted by molar-refractivity contribution is 7.89. The van der Waals surface area contributed by atoms with E-state index in [0.29, 0.717) is 0 Å². The van der Waals surface area contributed by atoms with Gasteiger partial charge in [-0.15, -0.1) is 0 Å². The molecule has 0 saturated carbocycles. The molecule has 0 aliphatic heterocycles. The number of sulfonamides is 1. The zero-order valence-electron chi connectivity index (χ0n) is 9.33. The van der Waals surface area contributed by atoms with Gasteiger partial charge in [0.1, 0.15) is 0 Å². The van der Waals surface area contributed by atoms with Gasteiger partial charge in [-0.25, -0.2) is 13.6 Å². The number of amides is 1. The minimum Gasteiger partial charge on any atom is -0.354 e. The predicted molar refractivity (Wildman–Crippen MR) is 58.7 cm³/mol. The Bertz CT molecular complexity index is 306. The summed E-state index contributed by atoms with van der Waals surface area (Å²) in [6.07, 6.45) is 0. The first-order chi connectivity index (χ1) is 6.60. The molecule has 15 heavy (non-hydrogen) atoms. The van der Waals surface area contributed by atoms with E-state index in [1.54, 1.807) is 0 Å². The Hall–Kier alpha value is -0.660. The summed E-state index contributed by atoms with van der Waals surface area (Å²) in [7, 11) is -3.50. The summed E-state index contributed by atoms with van der Waals surface area (Å²) in [5.41, 5.74) is -0.142. The molecule has 0 aromatic heterocycles. The lowest BCUT2D eigenvalue weighted by Crippen LogP contribution is -2.44. The van der Waals surface area contributed by atoms with Crippen molar-refractivity contribution in [1.29, 1.82) is 0 Å². The van der Waals surface area contributed by atoms with Gasteiger partial charge in [-0.1, -0.05) is 0 Å². The van der Waals surface area contributed by atoms with Crippen LogP contribution in [0.4, 0.5) is 0 Å². The SMILES string of the molecule is CC(C)(C)NCC(=O)NCCS(N)(=O)=O. The van der Waals surface area contributed by atoms with Crippen LogP contribution in [0.15, 0.2) is 0 Å². The Morgan fingerprint density at radius 2 is 1.87 bits per heavy atom. The highest BCUT2D eigenvalue weighted by atomic mass is 32.2. The second kappa shape index (κ2) is 5.43. The van der Waals surface area contributed by atoms with Crippen molar-refractivity contribution < 1.29 is 13.2 Å². The van der Waals surface area contributed by atoms with E-state index in [1.807, 2.05) is 20.8 Å². The Kier molecular flexibility index (Phi) is 5.19. The van der Waals surface area contributed by atoms with Crippen LogP contribution < -0.4 is 15.8 Å². The van der Waals surface area contributed by atoms with Gasteiger partial charge >= 0.3 is 0 Å². The molecule has 0 fully saturated rings. The average molecular weight is 237 g/mol. The predicted octanol–water partition coefficient (Wildman–Crippen LogP) is -1.22. The summed E-state index contributed by atoms with van der Waals surface area (Å²) in [5.74, 6) is -0.484. The fourth-order valence-electron chi connectivity index (χ4n) is 0.741. The summed E-state index contributed by atoms with van der Waals surface area (Å²) in [6, 6.07) is 0. The third-order valence-electron chi connectivity index (χ3n) is 1.49. The second-order valence-corrected chi connectivity index (χ2v) is 6.05. The van der Waals surface area contributed by atoms with Gasteiger partial charge in [0.15, 0.2) is 0 Å². The maximum atomic E-state index is 11.2. The van der Waals surface area contributed by atoms with Crippen molar-refractivity contribution in [3.63, 3.8) is 0 Å². The molecule has 6 nitrogen and oxygen atoms in total. The van der Waals surface area contributed by atoms with Crippen LogP contribution in [0.5, 0.6) is 0 Å². The largest absolute Gasteiger partial charge is 0.354 e. The van der Waals surface area contributed by atoms with Crippen LogP contribution in [0.25, 0.3) is 0 Å². The molecule has 0 unspecified atom stereocenters. The van der Waals surface area contributed by atoms with Gasteiger partial charge in [-0.2, -0.15) is 0 Å². The molecule has 4 N–H and O–H groups in total. The van der Waals surface area contributed by atoms with E-state index in [2.05, 4.69) is 10.6 Å². The maximum absolute atomic E-state index is 11.2. The first-order valence-corrected chi connectivity index (χ1v) is 6.34. The first kappa shape index (κ1) is 14.3. The van der Waals surface area contributed by atoms with E-state index < -0.39 is 10.0 Å². The molecule has 0 atom stereocenters. The van der Waals surface area contributed by atoms with Gasteiger partial charge < -0.3 is 10.6 Å². The zero-order valence-corrected chi connectivity index (χ0v) is 10.1. The molecule has 7 heteroatoms. The van der Waals surface area contributed by atoms with Crippen LogP contribution >= 0.6 is 0 Å². The molecular formula is C8H19N3O3S. The van der Waals surface area contributed by atoms with E-state index in [0.717, 1.165) is 0 Å². The molecule has 0 aromatic carbocycles. The smallest absolute Gasteiger partial charge is 0.234 e. The molecule has 0 aliphatic rings. The highest BCUT2D eigenvalue weighted by Crippen LogP contribution is 1.96. The maximum Gasteiger partial charge on any atom is 0.234 e. The van der Waals surface area contributed by atoms with E-state index in [9.17, 15) is 13.2 Å². The minimum absolute atomic E-state index is 0.0451. The van der Waals surface area contributed by atoms with Crippen molar-refractivity contribution in [2.45, 2.75) is 26.3 Å². The standard InChI is InChI=1S/C8H19N3O3S/c1-8(2,3)11-6-7(12)10-4-5-15(9,13)14/h11H,4-6H2,1-3H3,(H,10,12)(H2,9,13,14). The number of primary sulfonamides is 1. The summed E-state index contributed by atoms with van der Waals surface area (Å²) >= 11 is 0. The van der Waals surface area contributed by atoms with Crippen molar-refractivity contribution in [2.24, 2.45) is 5.14 Å². The summed E-state index contributed by atoms with van der Waals surface area (Å²) in [5, 5.41) is 10.2. The minimum atomic E-state index is -3.50. The van der Waals surface area contributed by atoms with Crippen LogP contribution in [0, 0.1) is 0 Å².